The van der Waals surface area contributed by atoms with Crippen molar-refractivity contribution >= 4 is 22.8 Å². The topological polar surface area (TPSA) is 69.6 Å². The third-order valence-electron chi connectivity index (χ3n) is 4.99. The maximum absolute atomic E-state index is 13.9. The van der Waals surface area contributed by atoms with Gasteiger partial charge in [-0.2, -0.15) is 0 Å². The molecule has 3 rings (SSSR count). The lowest BCUT2D eigenvalue weighted by molar-refractivity contribution is -0.147. The van der Waals surface area contributed by atoms with Gasteiger partial charge in [-0.3, -0.25) is 4.79 Å². The van der Waals surface area contributed by atoms with E-state index in [0.717, 1.165) is 10.9 Å². The van der Waals surface area contributed by atoms with Crippen LogP contribution in [0.15, 0.2) is 36.4 Å². The number of likely N-dealkylation sites (tertiary alicyclic amines) is 1. The zero-order chi connectivity index (χ0) is 18.2. The summed E-state index contributed by atoms with van der Waals surface area (Å²) in [5.41, 5.74) is -0.0751. The third-order valence-corrected chi connectivity index (χ3v) is 4.99. The second kappa shape index (κ2) is 6.35. The number of hydrogen-bond donors (Lipinski definition) is 2. The van der Waals surface area contributed by atoms with Gasteiger partial charge in [0, 0.05) is 18.5 Å². The fraction of sp³-hybridized carbons (Fsp3) is 0.368. The minimum atomic E-state index is -0.900. The van der Waals surface area contributed by atoms with Crippen molar-refractivity contribution in [1.82, 2.24) is 10.2 Å². The van der Waals surface area contributed by atoms with Crippen LogP contribution < -0.4 is 5.32 Å². The van der Waals surface area contributed by atoms with Gasteiger partial charge in [-0.15, -0.1) is 0 Å². The maximum atomic E-state index is 13.9. The maximum Gasteiger partial charge on any atom is 0.317 e. The van der Waals surface area contributed by atoms with Gasteiger partial charge in [0.05, 0.1) is 11.5 Å². The van der Waals surface area contributed by atoms with Crippen molar-refractivity contribution in [3.63, 3.8) is 0 Å². The van der Waals surface area contributed by atoms with Gasteiger partial charge in [-0.25, -0.2) is 9.18 Å². The average molecular weight is 344 g/mol. The van der Waals surface area contributed by atoms with Gasteiger partial charge in [-0.1, -0.05) is 30.3 Å². The number of carboxylic acid groups (broad SMARTS) is 1. The lowest BCUT2D eigenvalue weighted by Crippen LogP contribution is -2.41. The van der Waals surface area contributed by atoms with Crippen LogP contribution in [0.4, 0.5) is 9.18 Å². The van der Waals surface area contributed by atoms with Crippen LogP contribution in [0.3, 0.4) is 0 Å². The molecule has 5 nitrogen and oxygen atoms in total. The number of urea groups is 1. The van der Waals surface area contributed by atoms with E-state index < -0.39 is 11.4 Å². The molecule has 1 aliphatic rings. The van der Waals surface area contributed by atoms with Crippen molar-refractivity contribution in [3.8, 4) is 0 Å². The molecule has 0 spiro atoms. The molecule has 25 heavy (non-hydrogen) atoms. The highest BCUT2D eigenvalue weighted by Crippen LogP contribution is 2.31. The Balaban J connectivity index is 1.77. The Morgan fingerprint density at radius 1 is 1.24 bits per heavy atom. The predicted molar refractivity (Wildman–Crippen MR) is 92.8 cm³/mol. The highest BCUT2D eigenvalue weighted by molar-refractivity contribution is 5.87. The van der Waals surface area contributed by atoms with Gasteiger partial charge in [-0.05, 0) is 37.3 Å². The summed E-state index contributed by atoms with van der Waals surface area (Å²) in [6.07, 6.45) is 0.434. The first-order valence-corrected chi connectivity index (χ1v) is 8.28. The highest BCUT2D eigenvalue weighted by Gasteiger charge is 2.42. The quantitative estimate of drug-likeness (QED) is 0.895. The lowest BCUT2D eigenvalue weighted by Gasteiger charge is -2.23. The Hall–Kier alpha value is -2.63. The molecule has 0 bridgehead atoms. The van der Waals surface area contributed by atoms with E-state index in [1.807, 2.05) is 19.1 Å². The van der Waals surface area contributed by atoms with E-state index in [1.165, 1.54) is 11.0 Å². The number of carbonyl (C=O) groups excluding carboxylic acids is 1. The summed E-state index contributed by atoms with van der Waals surface area (Å²) in [5, 5.41) is 13.5. The van der Waals surface area contributed by atoms with Crippen molar-refractivity contribution in [3.05, 3.63) is 47.8 Å². The zero-order valence-electron chi connectivity index (χ0n) is 14.3. The Morgan fingerprint density at radius 2 is 1.92 bits per heavy atom. The number of carbonyl (C=O) groups is 2. The molecule has 0 aliphatic carbocycles. The smallest absolute Gasteiger partial charge is 0.317 e. The van der Waals surface area contributed by atoms with E-state index in [1.54, 1.807) is 25.1 Å². The summed E-state index contributed by atoms with van der Waals surface area (Å²) < 4.78 is 13.9. The van der Waals surface area contributed by atoms with E-state index in [-0.39, 0.29) is 24.4 Å². The van der Waals surface area contributed by atoms with Crippen LogP contribution in [-0.4, -0.2) is 35.1 Å². The summed E-state index contributed by atoms with van der Waals surface area (Å²) in [4.78, 5) is 25.3. The summed E-state index contributed by atoms with van der Waals surface area (Å²) in [6, 6.07) is 9.59. The van der Waals surface area contributed by atoms with Crippen LogP contribution >= 0.6 is 0 Å². The number of nitrogens with one attached hydrogen (secondary N) is 1. The molecule has 2 atom stereocenters. The van der Waals surface area contributed by atoms with Gasteiger partial charge in [0.15, 0.2) is 0 Å². The molecule has 0 radical (unpaired) electrons. The number of hydrogen-bond acceptors (Lipinski definition) is 2. The summed E-state index contributed by atoms with van der Waals surface area (Å²) in [5.74, 6) is -1.19. The number of rotatable bonds is 3. The Kier molecular flexibility index (Phi) is 4.37. The predicted octanol–water partition coefficient (Wildman–Crippen LogP) is 3.55. The minimum absolute atomic E-state index is 0.186. The molecular formula is C19H21FN2O3. The van der Waals surface area contributed by atoms with Crippen molar-refractivity contribution in [2.75, 3.05) is 13.1 Å². The van der Waals surface area contributed by atoms with Gasteiger partial charge >= 0.3 is 12.0 Å². The van der Waals surface area contributed by atoms with Crippen LogP contribution in [0.5, 0.6) is 0 Å². The first-order chi connectivity index (χ1) is 11.8. The van der Waals surface area contributed by atoms with Gasteiger partial charge < -0.3 is 15.3 Å². The minimum Gasteiger partial charge on any atom is -0.481 e. The monoisotopic (exact) mass is 344 g/mol. The molecule has 2 aromatic carbocycles. The zero-order valence-corrected chi connectivity index (χ0v) is 14.3. The van der Waals surface area contributed by atoms with Crippen molar-refractivity contribution in [2.24, 2.45) is 5.41 Å². The molecule has 2 aromatic rings. The van der Waals surface area contributed by atoms with Crippen LogP contribution in [-0.2, 0) is 4.79 Å². The van der Waals surface area contributed by atoms with Gasteiger partial charge in [0.2, 0.25) is 0 Å². The molecule has 2 N–H and O–H groups in total. The van der Waals surface area contributed by atoms with E-state index in [0.29, 0.717) is 18.4 Å². The highest BCUT2D eigenvalue weighted by atomic mass is 19.1. The summed E-state index contributed by atoms with van der Waals surface area (Å²) >= 11 is 0. The van der Waals surface area contributed by atoms with Crippen molar-refractivity contribution < 1.29 is 19.1 Å². The van der Waals surface area contributed by atoms with E-state index in [2.05, 4.69) is 5.32 Å². The molecule has 2 unspecified atom stereocenters. The summed E-state index contributed by atoms with van der Waals surface area (Å²) in [6.45, 7) is 4.08. The number of aliphatic carboxylic acids is 1. The van der Waals surface area contributed by atoms with Gasteiger partial charge in [0.1, 0.15) is 5.82 Å². The fourth-order valence-electron chi connectivity index (χ4n) is 3.33. The van der Waals surface area contributed by atoms with Crippen LogP contribution in [0, 0.1) is 11.2 Å². The second-order valence-electron chi connectivity index (χ2n) is 6.89. The number of carboxylic acids is 1. The number of halogens is 1. The lowest BCUT2D eigenvalue weighted by atomic mass is 9.90. The molecular weight excluding hydrogens is 323 g/mol. The second-order valence-corrected chi connectivity index (χ2v) is 6.89. The molecule has 132 valence electrons. The van der Waals surface area contributed by atoms with E-state index >= 15 is 0 Å². The summed E-state index contributed by atoms with van der Waals surface area (Å²) in [7, 11) is 0. The number of nitrogens with zero attached hydrogens (tertiary/aromatic N) is 1. The molecule has 0 saturated carbocycles. The first kappa shape index (κ1) is 17.2. The molecule has 1 aliphatic heterocycles. The Morgan fingerprint density at radius 3 is 2.56 bits per heavy atom. The average Bonchev–Trinajstić information content (AvgIpc) is 2.99. The number of fused-ring (bicyclic) bond motifs is 1. The number of amides is 2. The van der Waals surface area contributed by atoms with Crippen LogP contribution in [0.1, 0.15) is 31.9 Å². The van der Waals surface area contributed by atoms with Crippen LogP contribution in [0.25, 0.3) is 10.8 Å². The first-order valence-electron chi connectivity index (χ1n) is 8.28. The molecule has 1 fully saturated rings. The normalized spacial score (nSPS) is 21.3. The van der Waals surface area contributed by atoms with Gasteiger partial charge in [0.25, 0.3) is 0 Å². The number of benzene rings is 2. The standard InChI is InChI=1S/C19H21FN2O3/c1-12(13-7-8-16(20)15-6-4-3-5-14(13)15)21-18(25)22-10-9-19(2,11-22)17(23)24/h3-8,12H,9-11H2,1-2H3,(H,21,25)(H,23,24). The fourth-order valence-corrected chi connectivity index (χ4v) is 3.33. The Labute approximate surface area is 145 Å². The van der Waals surface area contributed by atoms with E-state index in [4.69, 9.17) is 0 Å². The SMILES string of the molecule is CC(NC(=O)N1CCC(C)(C(=O)O)C1)c1ccc(F)c2ccccc12. The molecule has 0 aromatic heterocycles. The van der Waals surface area contributed by atoms with Crippen molar-refractivity contribution in [1.29, 1.82) is 0 Å². The molecule has 1 saturated heterocycles. The molecule has 6 heteroatoms. The molecule has 1 heterocycles. The third kappa shape index (κ3) is 3.16. The van der Waals surface area contributed by atoms with Crippen LogP contribution in [0.2, 0.25) is 0 Å². The molecule has 2 amide bonds. The Bertz CT molecular complexity index is 839. The largest absolute Gasteiger partial charge is 0.481 e. The van der Waals surface area contributed by atoms with E-state index in [9.17, 15) is 19.1 Å². The van der Waals surface area contributed by atoms with Crippen molar-refractivity contribution in [2.45, 2.75) is 26.3 Å².